The van der Waals surface area contributed by atoms with Gasteiger partial charge in [-0.2, -0.15) is 18.4 Å². The van der Waals surface area contributed by atoms with Gasteiger partial charge in [-0.1, -0.05) is 24.3 Å². The van der Waals surface area contributed by atoms with E-state index in [9.17, 15) is 33.1 Å². The average Bonchev–Trinajstić information content (AvgIpc) is 3.00. The van der Waals surface area contributed by atoms with Crippen LogP contribution in [0.2, 0.25) is 0 Å². The van der Waals surface area contributed by atoms with E-state index < -0.39 is 17.6 Å². The maximum Gasteiger partial charge on any atom is 0.416 e. The number of amides is 2. The smallest absolute Gasteiger partial charge is 0.416 e. The number of piperidine rings is 1. The van der Waals surface area contributed by atoms with Crippen molar-refractivity contribution < 1.29 is 27.9 Å². The highest BCUT2D eigenvalue weighted by Gasteiger charge is 2.30. The number of nitriles is 1. The number of hydrogen-bond donors (Lipinski definition) is 3. The quantitative estimate of drug-likeness (QED) is 0.270. The summed E-state index contributed by atoms with van der Waals surface area (Å²) in [6, 6.07) is 20.2. The number of hydrogen-bond acceptors (Lipinski definition) is 6. The number of benzene rings is 3. The lowest BCUT2D eigenvalue weighted by Gasteiger charge is -2.31. The number of carbonyl (C=O) groups excluding carboxylic acids is 2. The molecule has 2 amide bonds. The molecule has 1 aliphatic rings. The molecule has 1 fully saturated rings. The van der Waals surface area contributed by atoms with Crippen molar-refractivity contribution in [2.24, 2.45) is 5.73 Å². The first-order valence-corrected chi connectivity index (χ1v) is 13.4. The number of para-hydroxylation sites is 1. The first-order chi connectivity index (χ1) is 20.5. The van der Waals surface area contributed by atoms with E-state index in [0.717, 1.165) is 37.1 Å². The number of carbonyl (C=O) groups is 2. The van der Waals surface area contributed by atoms with Crippen LogP contribution in [0, 0.1) is 11.3 Å². The number of nitrogens with zero attached hydrogens (tertiary/aromatic N) is 3. The number of alkyl halides is 3. The lowest BCUT2D eigenvalue weighted by Crippen LogP contribution is -2.45. The lowest BCUT2D eigenvalue weighted by molar-refractivity contribution is -0.137. The Hall–Kier alpha value is -5.21. The number of nitrogens with one attached hydrogen (secondary N) is 1. The number of likely N-dealkylation sites (tertiary alicyclic amines) is 1. The standard InChI is InChI=1S/C32H26F3N5O3/c33-32(34,35)22-12-10-19(11-13-22)30(42)39-29-26(17-36)25(16-27(38-29)24-8-1-2-9-28(24)41)20-5-3-6-21(15-20)31(43)40-14-4-7-23(37)18-40/h1-3,5-6,8-13,15-16,23,41H,4,7,14,18,37H2,(H,38,39,42). The minimum atomic E-state index is -4.57. The molecule has 0 spiro atoms. The van der Waals surface area contributed by atoms with Gasteiger partial charge in [0.05, 0.1) is 11.3 Å². The van der Waals surface area contributed by atoms with Gasteiger partial charge < -0.3 is 21.1 Å². The second-order valence-corrected chi connectivity index (χ2v) is 10.2. The molecule has 0 radical (unpaired) electrons. The van der Waals surface area contributed by atoms with E-state index in [1.54, 1.807) is 53.4 Å². The Labute approximate surface area is 245 Å². The number of halogens is 3. The van der Waals surface area contributed by atoms with E-state index in [-0.39, 0.29) is 40.3 Å². The van der Waals surface area contributed by atoms with Gasteiger partial charge in [0.1, 0.15) is 17.4 Å². The predicted molar refractivity (Wildman–Crippen MR) is 154 cm³/mol. The summed E-state index contributed by atoms with van der Waals surface area (Å²) in [6.07, 6.45) is -2.94. The fourth-order valence-corrected chi connectivity index (χ4v) is 4.99. The first kappa shape index (κ1) is 29.3. The van der Waals surface area contributed by atoms with Gasteiger partial charge >= 0.3 is 6.18 Å². The van der Waals surface area contributed by atoms with Crippen LogP contribution in [0.5, 0.6) is 5.75 Å². The third-order valence-electron chi connectivity index (χ3n) is 7.18. The molecule has 0 saturated carbocycles. The van der Waals surface area contributed by atoms with Crippen molar-refractivity contribution >= 4 is 17.6 Å². The van der Waals surface area contributed by atoms with E-state index in [0.29, 0.717) is 35.3 Å². The highest BCUT2D eigenvalue weighted by molar-refractivity contribution is 6.05. The molecule has 11 heteroatoms. The zero-order valence-corrected chi connectivity index (χ0v) is 22.7. The summed E-state index contributed by atoms with van der Waals surface area (Å²) in [5.74, 6) is -1.26. The third kappa shape index (κ3) is 6.34. The van der Waals surface area contributed by atoms with Gasteiger partial charge in [-0.15, -0.1) is 0 Å². The molecule has 1 saturated heterocycles. The van der Waals surface area contributed by atoms with E-state index in [4.69, 9.17) is 5.73 Å². The molecule has 0 bridgehead atoms. The zero-order valence-electron chi connectivity index (χ0n) is 22.7. The van der Waals surface area contributed by atoms with Gasteiger partial charge in [0.25, 0.3) is 11.8 Å². The molecule has 1 atom stereocenters. The largest absolute Gasteiger partial charge is 0.507 e. The Bertz CT molecular complexity index is 1730. The van der Waals surface area contributed by atoms with E-state index in [2.05, 4.69) is 16.4 Å². The average molecular weight is 586 g/mol. The minimum absolute atomic E-state index is 0.0379. The second-order valence-electron chi connectivity index (χ2n) is 10.2. The highest BCUT2D eigenvalue weighted by atomic mass is 19.4. The summed E-state index contributed by atoms with van der Waals surface area (Å²) in [5.41, 5.74) is 6.75. The number of phenols is 1. The highest BCUT2D eigenvalue weighted by Crippen LogP contribution is 2.36. The maximum absolute atomic E-state index is 13.3. The Kier molecular flexibility index (Phi) is 8.14. The van der Waals surface area contributed by atoms with E-state index in [1.807, 2.05) is 0 Å². The van der Waals surface area contributed by atoms with Gasteiger partial charge in [0, 0.05) is 41.4 Å². The van der Waals surface area contributed by atoms with Crippen LogP contribution < -0.4 is 11.1 Å². The summed E-state index contributed by atoms with van der Waals surface area (Å²) in [7, 11) is 0. The molecule has 1 aromatic heterocycles. The van der Waals surface area contributed by atoms with Gasteiger partial charge in [0.15, 0.2) is 5.82 Å². The molecule has 1 aliphatic heterocycles. The Morgan fingerprint density at radius 3 is 2.42 bits per heavy atom. The van der Waals surface area contributed by atoms with Crippen LogP contribution in [0.15, 0.2) is 78.9 Å². The Morgan fingerprint density at radius 2 is 1.74 bits per heavy atom. The van der Waals surface area contributed by atoms with Crippen molar-refractivity contribution in [2.45, 2.75) is 25.1 Å². The molecule has 218 valence electrons. The van der Waals surface area contributed by atoms with Crippen LogP contribution in [0.25, 0.3) is 22.4 Å². The molecule has 1 unspecified atom stereocenters. The SMILES string of the molecule is N#Cc1c(-c2cccc(C(=O)N3CCCC(N)C3)c2)cc(-c2ccccc2O)nc1NC(=O)c1ccc(C(F)(F)F)cc1. The summed E-state index contributed by atoms with van der Waals surface area (Å²) >= 11 is 0. The van der Waals surface area contributed by atoms with Crippen molar-refractivity contribution in [3.63, 3.8) is 0 Å². The number of anilines is 1. The van der Waals surface area contributed by atoms with Gasteiger partial charge in [-0.3, -0.25) is 9.59 Å². The number of pyridine rings is 1. The second kappa shape index (κ2) is 12.0. The minimum Gasteiger partial charge on any atom is -0.507 e. The van der Waals surface area contributed by atoms with Gasteiger partial charge in [-0.25, -0.2) is 4.98 Å². The van der Waals surface area contributed by atoms with Crippen molar-refractivity contribution in [1.82, 2.24) is 9.88 Å². The molecule has 43 heavy (non-hydrogen) atoms. The molecular weight excluding hydrogens is 559 g/mol. The summed E-state index contributed by atoms with van der Waals surface area (Å²) < 4.78 is 39.0. The predicted octanol–water partition coefficient (Wildman–Crippen LogP) is 5.83. The molecular formula is C32H26F3N5O3. The van der Waals surface area contributed by atoms with E-state index in [1.165, 1.54) is 6.07 Å². The zero-order chi connectivity index (χ0) is 30.7. The van der Waals surface area contributed by atoms with Crippen LogP contribution in [0.3, 0.4) is 0 Å². The van der Waals surface area contributed by atoms with Gasteiger partial charge in [0.2, 0.25) is 0 Å². The topological polar surface area (TPSA) is 132 Å². The van der Waals surface area contributed by atoms with Crippen molar-refractivity contribution in [3.8, 4) is 34.2 Å². The molecule has 4 aromatic rings. The normalized spacial score (nSPS) is 15.0. The number of aromatic nitrogens is 1. The third-order valence-corrected chi connectivity index (χ3v) is 7.18. The molecule has 4 N–H and O–H groups in total. The summed E-state index contributed by atoms with van der Waals surface area (Å²) in [6.45, 7) is 1.01. The van der Waals surface area contributed by atoms with Crippen LogP contribution in [0.1, 0.15) is 44.7 Å². The Balaban J connectivity index is 1.58. The number of aromatic hydroxyl groups is 1. The molecule has 3 aromatic carbocycles. The molecule has 5 rings (SSSR count). The summed E-state index contributed by atoms with van der Waals surface area (Å²) in [5, 5.41) is 23.3. The van der Waals surface area contributed by atoms with E-state index >= 15 is 0 Å². The van der Waals surface area contributed by atoms with Crippen molar-refractivity contribution in [2.75, 3.05) is 18.4 Å². The first-order valence-electron chi connectivity index (χ1n) is 13.4. The van der Waals surface area contributed by atoms with Crippen LogP contribution in [-0.2, 0) is 6.18 Å². The maximum atomic E-state index is 13.3. The monoisotopic (exact) mass is 585 g/mol. The van der Waals surface area contributed by atoms with Crippen LogP contribution in [0.4, 0.5) is 19.0 Å². The number of nitrogens with two attached hydrogens (primary N) is 1. The summed E-state index contributed by atoms with van der Waals surface area (Å²) in [4.78, 5) is 32.5. The molecule has 0 aliphatic carbocycles. The fourth-order valence-electron chi connectivity index (χ4n) is 4.99. The van der Waals surface area contributed by atoms with Crippen LogP contribution >= 0.6 is 0 Å². The van der Waals surface area contributed by atoms with Crippen molar-refractivity contribution in [3.05, 3.63) is 101 Å². The lowest BCUT2D eigenvalue weighted by atomic mass is 9.96. The fraction of sp³-hybridized carbons (Fsp3) is 0.188. The van der Waals surface area contributed by atoms with Crippen LogP contribution in [-0.4, -0.2) is 45.9 Å². The number of rotatable bonds is 5. The Morgan fingerprint density at radius 1 is 1.00 bits per heavy atom. The molecule has 8 nitrogen and oxygen atoms in total. The molecule has 2 heterocycles. The van der Waals surface area contributed by atoms with Gasteiger partial charge in [-0.05, 0) is 73.0 Å². The number of phenolic OH excluding ortho intramolecular Hbond substituents is 1. The van der Waals surface area contributed by atoms with Crippen molar-refractivity contribution in [1.29, 1.82) is 5.26 Å².